The van der Waals surface area contributed by atoms with Crippen molar-refractivity contribution in [2.45, 2.75) is 31.2 Å². The van der Waals surface area contributed by atoms with Crippen molar-refractivity contribution in [2.24, 2.45) is 0 Å². The van der Waals surface area contributed by atoms with Crippen molar-refractivity contribution >= 4 is 58.3 Å². The zero-order valence-corrected chi connectivity index (χ0v) is 21.5. The van der Waals surface area contributed by atoms with Crippen LogP contribution in [0.1, 0.15) is 35.3 Å². The molecule has 2 aromatic carbocycles. The quantitative estimate of drug-likeness (QED) is 0.185. The van der Waals surface area contributed by atoms with Gasteiger partial charge in [-0.15, -0.1) is 0 Å². The van der Waals surface area contributed by atoms with Gasteiger partial charge in [-0.05, 0) is 55.7 Å². The second kappa shape index (κ2) is 12.5. The van der Waals surface area contributed by atoms with Gasteiger partial charge in [0.05, 0.1) is 0 Å². The fourth-order valence-electron chi connectivity index (χ4n) is 3.25. The first kappa shape index (κ1) is 25.6. The van der Waals surface area contributed by atoms with E-state index in [9.17, 15) is 4.79 Å². The van der Waals surface area contributed by atoms with E-state index in [1.54, 1.807) is 24.3 Å². The molecular weight excluding hydrogens is 499 g/mol. The Bertz CT molecular complexity index is 1110. The molecule has 0 aliphatic carbocycles. The molecule has 0 aliphatic heterocycles. The van der Waals surface area contributed by atoms with Gasteiger partial charge in [0.15, 0.2) is 5.16 Å². The van der Waals surface area contributed by atoms with Gasteiger partial charge in [-0.1, -0.05) is 64.8 Å². The lowest BCUT2D eigenvalue weighted by Gasteiger charge is -2.20. The lowest BCUT2D eigenvalue weighted by atomic mass is 10.1. The van der Waals surface area contributed by atoms with E-state index in [0.717, 1.165) is 30.0 Å². The summed E-state index contributed by atoms with van der Waals surface area (Å²) in [6.07, 6.45) is 0.623. The molecule has 9 heteroatoms. The van der Waals surface area contributed by atoms with Crippen LogP contribution in [0.15, 0.2) is 53.7 Å². The molecule has 5 nitrogen and oxygen atoms in total. The first-order valence-corrected chi connectivity index (χ1v) is 12.7. The van der Waals surface area contributed by atoms with Crippen LogP contribution in [-0.2, 0) is 12.2 Å². The monoisotopic (exact) mass is 522 g/mol. The summed E-state index contributed by atoms with van der Waals surface area (Å²) in [6, 6.07) is 14.7. The standard InChI is InChI=1S/C24H25Cl3N4OS/c1-3-31(4-2)22-14-21(27)29-24(30-22)33-15-16-6-5-7-18(12-16)23(32)28-11-10-17-8-9-19(25)13-20(17)26/h5-9,12-14H,3-4,10-11,15H2,1-2H3,(H,28,32). The normalized spacial score (nSPS) is 10.8. The molecule has 1 heterocycles. The number of hydrogen-bond acceptors (Lipinski definition) is 5. The van der Waals surface area contributed by atoms with Gasteiger partial charge in [-0.3, -0.25) is 4.79 Å². The number of carbonyl (C=O) groups excluding carboxylic acids is 1. The molecule has 1 amide bonds. The molecule has 0 atom stereocenters. The van der Waals surface area contributed by atoms with Crippen molar-refractivity contribution in [1.82, 2.24) is 15.3 Å². The van der Waals surface area contributed by atoms with E-state index in [-0.39, 0.29) is 5.91 Å². The topological polar surface area (TPSA) is 58.1 Å². The number of rotatable bonds is 10. The highest BCUT2D eigenvalue weighted by atomic mass is 35.5. The summed E-state index contributed by atoms with van der Waals surface area (Å²) in [5.41, 5.74) is 2.55. The van der Waals surface area contributed by atoms with Gasteiger partial charge < -0.3 is 10.2 Å². The van der Waals surface area contributed by atoms with E-state index >= 15 is 0 Å². The number of hydrogen-bond donors (Lipinski definition) is 1. The van der Waals surface area contributed by atoms with Gasteiger partial charge in [-0.2, -0.15) is 0 Å². The second-order valence-corrected chi connectivity index (χ2v) is 9.41. The third kappa shape index (κ3) is 7.51. The fourth-order valence-corrected chi connectivity index (χ4v) is 4.77. The van der Waals surface area contributed by atoms with Crippen molar-refractivity contribution in [3.8, 4) is 0 Å². The summed E-state index contributed by atoms with van der Waals surface area (Å²) in [5.74, 6) is 1.31. The number of amides is 1. The summed E-state index contributed by atoms with van der Waals surface area (Å²) < 4.78 is 0. The number of halogens is 3. The summed E-state index contributed by atoms with van der Waals surface area (Å²) in [7, 11) is 0. The van der Waals surface area contributed by atoms with E-state index < -0.39 is 0 Å². The van der Waals surface area contributed by atoms with Crippen LogP contribution < -0.4 is 10.2 Å². The van der Waals surface area contributed by atoms with E-state index in [0.29, 0.717) is 44.6 Å². The maximum absolute atomic E-state index is 12.6. The van der Waals surface area contributed by atoms with Gasteiger partial charge in [0.25, 0.3) is 5.91 Å². The summed E-state index contributed by atoms with van der Waals surface area (Å²) in [5, 5.41) is 5.17. The van der Waals surface area contributed by atoms with Crippen molar-refractivity contribution in [1.29, 1.82) is 0 Å². The van der Waals surface area contributed by atoms with Crippen LogP contribution in [0.4, 0.5) is 5.82 Å². The smallest absolute Gasteiger partial charge is 0.251 e. The van der Waals surface area contributed by atoms with Crippen LogP contribution in [0.25, 0.3) is 0 Å². The van der Waals surface area contributed by atoms with Gasteiger partial charge in [0.2, 0.25) is 0 Å². The Morgan fingerprint density at radius 2 is 1.82 bits per heavy atom. The van der Waals surface area contributed by atoms with Crippen LogP contribution in [0.5, 0.6) is 0 Å². The number of aromatic nitrogens is 2. The fraction of sp³-hybridized carbons (Fsp3) is 0.292. The van der Waals surface area contributed by atoms with Crippen LogP contribution in [0.3, 0.4) is 0 Å². The first-order valence-electron chi connectivity index (χ1n) is 10.6. The largest absolute Gasteiger partial charge is 0.357 e. The average Bonchev–Trinajstić information content (AvgIpc) is 2.80. The van der Waals surface area contributed by atoms with Crippen LogP contribution >= 0.6 is 46.6 Å². The Morgan fingerprint density at radius 1 is 1.03 bits per heavy atom. The number of carbonyl (C=O) groups is 1. The lowest BCUT2D eigenvalue weighted by Crippen LogP contribution is -2.25. The van der Waals surface area contributed by atoms with Crippen molar-refractivity contribution in [2.75, 3.05) is 24.5 Å². The molecule has 3 rings (SSSR count). The third-order valence-electron chi connectivity index (χ3n) is 5.00. The minimum atomic E-state index is -0.130. The maximum atomic E-state index is 12.6. The molecule has 33 heavy (non-hydrogen) atoms. The molecule has 0 bridgehead atoms. The highest BCUT2D eigenvalue weighted by Gasteiger charge is 2.11. The summed E-state index contributed by atoms with van der Waals surface area (Å²) in [4.78, 5) is 23.7. The number of nitrogens with zero attached hydrogens (tertiary/aromatic N) is 3. The van der Waals surface area contributed by atoms with Gasteiger partial charge >= 0.3 is 0 Å². The molecule has 0 saturated heterocycles. The first-order chi connectivity index (χ1) is 15.9. The zero-order chi connectivity index (χ0) is 23.8. The Morgan fingerprint density at radius 3 is 2.55 bits per heavy atom. The molecule has 0 saturated carbocycles. The number of benzene rings is 2. The second-order valence-electron chi connectivity index (χ2n) is 7.23. The van der Waals surface area contributed by atoms with Crippen LogP contribution in [0, 0.1) is 0 Å². The highest BCUT2D eigenvalue weighted by Crippen LogP contribution is 2.25. The van der Waals surface area contributed by atoms with E-state index in [1.807, 2.05) is 24.3 Å². The number of nitrogens with one attached hydrogen (secondary N) is 1. The van der Waals surface area contributed by atoms with Gasteiger partial charge in [-0.25, -0.2) is 9.97 Å². The summed E-state index contributed by atoms with van der Waals surface area (Å²) >= 11 is 19.8. The molecule has 0 unspecified atom stereocenters. The van der Waals surface area contributed by atoms with E-state index in [2.05, 4.69) is 34.0 Å². The molecule has 0 fully saturated rings. The van der Waals surface area contributed by atoms with E-state index in [4.69, 9.17) is 34.8 Å². The SMILES string of the molecule is CCN(CC)c1cc(Cl)nc(SCc2cccc(C(=O)NCCc3ccc(Cl)cc3Cl)c2)n1. The Balaban J connectivity index is 1.58. The number of thioether (sulfide) groups is 1. The number of anilines is 1. The molecule has 174 valence electrons. The predicted octanol–water partition coefficient (Wildman–Crippen LogP) is 6.55. The minimum Gasteiger partial charge on any atom is -0.357 e. The molecule has 3 aromatic rings. The molecular formula is C24H25Cl3N4OS. The molecule has 1 aromatic heterocycles. The van der Waals surface area contributed by atoms with E-state index in [1.165, 1.54) is 11.8 Å². The molecule has 0 aliphatic rings. The maximum Gasteiger partial charge on any atom is 0.251 e. The van der Waals surface area contributed by atoms with Crippen molar-refractivity contribution in [3.05, 3.63) is 80.4 Å². The zero-order valence-electron chi connectivity index (χ0n) is 18.4. The van der Waals surface area contributed by atoms with Crippen molar-refractivity contribution in [3.63, 3.8) is 0 Å². The average molecular weight is 524 g/mol. The molecule has 0 spiro atoms. The lowest BCUT2D eigenvalue weighted by molar-refractivity contribution is 0.0954. The van der Waals surface area contributed by atoms with Crippen LogP contribution in [-0.4, -0.2) is 35.5 Å². The third-order valence-corrected chi connectivity index (χ3v) is 6.70. The molecule has 0 radical (unpaired) electrons. The Labute approximate surface area is 213 Å². The van der Waals surface area contributed by atoms with Crippen molar-refractivity contribution < 1.29 is 4.79 Å². The summed E-state index contributed by atoms with van der Waals surface area (Å²) in [6.45, 7) is 6.31. The molecule has 1 N–H and O–H groups in total. The Hall–Kier alpha value is -1.99. The minimum absolute atomic E-state index is 0.130. The van der Waals surface area contributed by atoms with Crippen LogP contribution in [0.2, 0.25) is 15.2 Å². The Kier molecular flexibility index (Phi) is 9.68. The predicted molar refractivity (Wildman–Crippen MR) is 139 cm³/mol. The highest BCUT2D eigenvalue weighted by molar-refractivity contribution is 7.98. The van der Waals surface area contributed by atoms with Gasteiger partial charge in [0.1, 0.15) is 11.0 Å². The van der Waals surface area contributed by atoms with Gasteiger partial charge in [0, 0.05) is 47.1 Å².